The standard InChI is InChI=1S/C22H21N3O4/c1-12(2)19-16-11-13(7-8-17(16)24-20(19)27)23-18(26)9-10-25-21(28)14-5-3-4-6-15(14)22(25)29/h3-8,11-12,19H,9-10H2,1-2H3,(H,23,26)(H,24,27). The molecule has 2 aromatic rings. The summed E-state index contributed by atoms with van der Waals surface area (Å²) in [5.74, 6) is -1.21. The summed E-state index contributed by atoms with van der Waals surface area (Å²) in [7, 11) is 0. The molecule has 2 N–H and O–H groups in total. The van der Waals surface area contributed by atoms with E-state index in [1.807, 2.05) is 13.8 Å². The Morgan fingerprint density at radius 2 is 1.72 bits per heavy atom. The Kier molecular flexibility index (Phi) is 4.66. The number of carbonyl (C=O) groups is 4. The van der Waals surface area contributed by atoms with E-state index < -0.39 is 0 Å². The summed E-state index contributed by atoms with van der Waals surface area (Å²) in [6.45, 7) is 3.97. The highest BCUT2D eigenvalue weighted by atomic mass is 16.2. The lowest BCUT2D eigenvalue weighted by atomic mass is 9.89. The average molecular weight is 391 g/mol. The zero-order chi connectivity index (χ0) is 20.7. The SMILES string of the molecule is CC(C)C1C(=O)Nc2ccc(NC(=O)CCN3C(=O)c4ccccc4C3=O)cc21. The summed E-state index contributed by atoms with van der Waals surface area (Å²) >= 11 is 0. The fourth-order valence-corrected chi connectivity index (χ4v) is 3.90. The minimum Gasteiger partial charge on any atom is -0.326 e. The van der Waals surface area contributed by atoms with E-state index in [-0.39, 0.29) is 48.4 Å². The Hall–Kier alpha value is -3.48. The summed E-state index contributed by atoms with van der Waals surface area (Å²) in [5, 5.41) is 5.65. The van der Waals surface area contributed by atoms with Gasteiger partial charge in [0.1, 0.15) is 0 Å². The Labute approximate surface area is 168 Å². The third-order valence-corrected chi connectivity index (χ3v) is 5.32. The second-order valence-electron chi connectivity index (χ2n) is 7.62. The van der Waals surface area contributed by atoms with Crippen molar-refractivity contribution in [2.24, 2.45) is 5.92 Å². The van der Waals surface area contributed by atoms with Crippen molar-refractivity contribution in [3.8, 4) is 0 Å². The first-order valence-corrected chi connectivity index (χ1v) is 9.56. The van der Waals surface area contributed by atoms with Gasteiger partial charge in [0.2, 0.25) is 11.8 Å². The zero-order valence-electron chi connectivity index (χ0n) is 16.2. The first-order chi connectivity index (χ1) is 13.9. The maximum atomic E-state index is 12.4. The lowest BCUT2D eigenvalue weighted by Crippen LogP contribution is -2.32. The maximum absolute atomic E-state index is 12.4. The minimum absolute atomic E-state index is 0.00660. The molecule has 29 heavy (non-hydrogen) atoms. The van der Waals surface area contributed by atoms with E-state index >= 15 is 0 Å². The maximum Gasteiger partial charge on any atom is 0.261 e. The van der Waals surface area contributed by atoms with E-state index in [4.69, 9.17) is 0 Å². The highest BCUT2D eigenvalue weighted by Gasteiger charge is 2.35. The van der Waals surface area contributed by atoms with Gasteiger partial charge in [0.15, 0.2) is 0 Å². The van der Waals surface area contributed by atoms with E-state index in [1.54, 1.807) is 42.5 Å². The monoisotopic (exact) mass is 391 g/mol. The van der Waals surface area contributed by atoms with Crippen molar-refractivity contribution in [3.63, 3.8) is 0 Å². The van der Waals surface area contributed by atoms with Crippen molar-refractivity contribution in [2.75, 3.05) is 17.2 Å². The highest BCUT2D eigenvalue weighted by molar-refractivity contribution is 6.21. The number of imide groups is 1. The number of hydrogen-bond donors (Lipinski definition) is 2. The Morgan fingerprint density at radius 1 is 1.07 bits per heavy atom. The van der Waals surface area contributed by atoms with Crippen LogP contribution in [0.25, 0.3) is 0 Å². The molecule has 4 rings (SSSR count). The number of anilines is 2. The molecule has 1 unspecified atom stereocenters. The van der Waals surface area contributed by atoms with Crippen molar-refractivity contribution in [1.82, 2.24) is 4.90 Å². The normalized spacial score (nSPS) is 17.4. The van der Waals surface area contributed by atoms with Gasteiger partial charge in [-0.1, -0.05) is 26.0 Å². The molecule has 2 heterocycles. The van der Waals surface area contributed by atoms with E-state index in [9.17, 15) is 19.2 Å². The third-order valence-electron chi connectivity index (χ3n) is 5.32. The van der Waals surface area contributed by atoms with E-state index in [2.05, 4.69) is 10.6 Å². The molecule has 0 aliphatic carbocycles. The molecular weight excluding hydrogens is 370 g/mol. The van der Waals surface area contributed by atoms with Gasteiger partial charge in [-0.2, -0.15) is 0 Å². The van der Waals surface area contributed by atoms with Gasteiger partial charge in [-0.3, -0.25) is 24.1 Å². The first kappa shape index (κ1) is 18.9. The molecule has 148 valence electrons. The molecule has 1 atom stereocenters. The minimum atomic E-state index is -0.375. The molecule has 0 fully saturated rings. The number of amides is 4. The van der Waals surface area contributed by atoms with Crippen LogP contribution < -0.4 is 10.6 Å². The van der Waals surface area contributed by atoms with Crippen LogP contribution in [-0.4, -0.2) is 35.1 Å². The Bertz CT molecular complexity index is 1010. The number of fused-ring (bicyclic) bond motifs is 2. The lowest BCUT2D eigenvalue weighted by molar-refractivity contribution is -0.118. The first-order valence-electron chi connectivity index (χ1n) is 9.56. The number of nitrogens with one attached hydrogen (secondary N) is 2. The fraction of sp³-hybridized carbons (Fsp3) is 0.273. The van der Waals surface area contributed by atoms with E-state index in [1.165, 1.54) is 0 Å². The molecule has 0 spiro atoms. The van der Waals surface area contributed by atoms with Crippen LogP contribution in [0.3, 0.4) is 0 Å². The van der Waals surface area contributed by atoms with Crippen molar-refractivity contribution in [1.29, 1.82) is 0 Å². The van der Waals surface area contributed by atoms with Gasteiger partial charge in [0.25, 0.3) is 11.8 Å². The van der Waals surface area contributed by atoms with Gasteiger partial charge in [0.05, 0.1) is 17.0 Å². The summed E-state index contributed by atoms with van der Waals surface area (Å²) in [6.07, 6.45) is -0.00660. The van der Waals surface area contributed by atoms with Gasteiger partial charge in [-0.25, -0.2) is 0 Å². The summed E-state index contributed by atoms with van der Waals surface area (Å²) in [5.41, 5.74) is 2.95. The molecule has 7 heteroatoms. The van der Waals surface area contributed by atoms with Crippen LogP contribution in [0.5, 0.6) is 0 Å². The van der Waals surface area contributed by atoms with Crippen LogP contribution in [-0.2, 0) is 9.59 Å². The number of nitrogens with zero attached hydrogens (tertiary/aromatic N) is 1. The quantitative estimate of drug-likeness (QED) is 0.766. The average Bonchev–Trinajstić information content (AvgIpc) is 3.14. The summed E-state index contributed by atoms with van der Waals surface area (Å²) in [4.78, 5) is 50.4. The molecule has 7 nitrogen and oxygen atoms in total. The third kappa shape index (κ3) is 3.29. The molecule has 2 aliphatic heterocycles. The molecule has 0 bridgehead atoms. The molecule has 2 aliphatic rings. The van der Waals surface area contributed by atoms with Gasteiger partial charge < -0.3 is 10.6 Å². The van der Waals surface area contributed by atoms with Gasteiger partial charge in [0, 0.05) is 24.3 Å². The topological polar surface area (TPSA) is 95.6 Å². The van der Waals surface area contributed by atoms with Crippen molar-refractivity contribution in [2.45, 2.75) is 26.2 Å². The number of rotatable bonds is 5. The zero-order valence-corrected chi connectivity index (χ0v) is 16.2. The predicted octanol–water partition coefficient (Wildman–Crippen LogP) is 3.00. The second-order valence-corrected chi connectivity index (χ2v) is 7.62. The molecule has 0 saturated heterocycles. The number of carbonyl (C=O) groups excluding carboxylic acids is 4. The van der Waals surface area contributed by atoms with Gasteiger partial charge >= 0.3 is 0 Å². The molecule has 4 amide bonds. The van der Waals surface area contributed by atoms with E-state index in [0.29, 0.717) is 16.8 Å². The van der Waals surface area contributed by atoms with Crippen LogP contribution in [0.2, 0.25) is 0 Å². The molecule has 0 aromatic heterocycles. The lowest BCUT2D eigenvalue weighted by Gasteiger charge is -2.15. The van der Waals surface area contributed by atoms with Crippen LogP contribution in [0.1, 0.15) is 52.5 Å². The molecule has 0 saturated carbocycles. The summed E-state index contributed by atoms with van der Waals surface area (Å²) < 4.78 is 0. The smallest absolute Gasteiger partial charge is 0.261 e. The Balaban J connectivity index is 1.41. The fourth-order valence-electron chi connectivity index (χ4n) is 3.90. The van der Waals surface area contributed by atoms with Crippen LogP contribution in [0.4, 0.5) is 11.4 Å². The van der Waals surface area contributed by atoms with Crippen LogP contribution >= 0.6 is 0 Å². The van der Waals surface area contributed by atoms with Crippen molar-refractivity contribution < 1.29 is 19.2 Å². The molecule has 0 radical (unpaired) electrons. The largest absolute Gasteiger partial charge is 0.326 e. The van der Waals surface area contributed by atoms with Gasteiger partial charge in [-0.05, 0) is 41.8 Å². The second kappa shape index (κ2) is 7.16. The Morgan fingerprint density at radius 3 is 2.34 bits per heavy atom. The molecule has 2 aromatic carbocycles. The van der Waals surface area contributed by atoms with Crippen LogP contribution in [0.15, 0.2) is 42.5 Å². The molecular formula is C22H21N3O4. The van der Waals surface area contributed by atoms with Crippen molar-refractivity contribution in [3.05, 3.63) is 59.2 Å². The van der Waals surface area contributed by atoms with E-state index in [0.717, 1.165) is 16.2 Å². The number of benzene rings is 2. The van der Waals surface area contributed by atoms with Crippen molar-refractivity contribution >= 4 is 35.0 Å². The number of hydrogen-bond acceptors (Lipinski definition) is 4. The highest BCUT2D eigenvalue weighted by Crippen LogP contribution is 2.38. The van der Waals surface area contributed by atoms with Gasteiger partial charge in [-0.15, -0.1) is 0 Å². The predicted molar refractivity (Wildman–Crippen MR) is 108 cm³/mol. The summed E-state index contributed by atoms with van der Waals surface area (Å²) in [6, 6.07) is 11.9. The van der Waals surface area contributed by atoms with Crippen LogP contribution in [0, 0.1) is 5.92 Å².